The Morgan fingerprint density at radius 2 is 2.32 bits per heavy atom. The van der Waals surface area contributed by atoms with E-state index in [1.54, 1.807) is 24.0 Å². The van der Waals surface area contributed by atoms with Crippen LogP contribution in [0.15, 0.2) is 18.5 Å². The van der Waals surface area contributed by atoms with E-state index in [0.29, 0.717) is 10.8 Å². The molecule has 0 N–H and O–H groups in total. The van der Waals surface area contributed by atoms with E-state index in [-0.39, 0.29) is 11.9 Å². The summed E-state index contributed by atoms with van der Waals surface area (Å²) in [6, 6.07) is 1.85. The Bertz CT molecular complexity index is 618. The summed E-state index contributed by atoms with van der Waals surface area (Å²) in [6.07, 6.45) is 7.57. The fourth-order valence-corrected chi connectivity index (χ4v) is 3.04. The molecular formula is C14H19ClN6O. The van der Waals surface area contributed by atoms with Gasteiger partial charge >= 0.3 is 0 Å². The Labute approximate surface area is 133 Å². The highest BCUT2D eigenvalue weighted by Crippen LogP contribution is 2.23. The molecule has 0 spiro atoms. The summed E-state index contributed by atoms with van der Waals surface area (Å²) in [6.45, 7) is 1.53. The van der Waals surface area contributed by atoms with E-state index < -0.39 is 0 Å². The minimum absolute atomic E-state index is 0.0363. The van der Waals surface area contributed by atoms with Crippen molar-refractivity contribution in [2.45, 2.75) is 38.3 Å². The molecule has 1 aliphatic rings. The summed E-state index contributed by atoms with van der Waals surface area (Å²) < 4.78 is 3.32. The molecule has 1 aliphatic heterocycles. The van der Waals surface area contributed by atoms with Gasteiger partial charge in [0.05, 0.1) is 6.20 Å². The number of hydrogen-bond donors (Lipinski definition) is 0. The van der Waals surface area contributed by atoms with Crippen LogP contribution in [-0.2, 0) is 13.6 Å². The molecule has 0 aromatic carbocycles. The zero-order chi connectivity index (χ0) is 15.5. The van der Waals surface area contributed by atoms with E-state index in [9.17, 15) is 4.79 Å². The van der Waals surface area contributed by atoms with E-state index in [1.165, 1.54) is 4.68 Å². The molecule has 7 nitrogen and oxygen atoms in total. The number of likely N-dealkylation sites (tertiary alicyclic amines) is 1. The zero-order valence-corrected chi connectivity index (χ0v) is 13.3. The highest BCUT2D eigenvalue weighted by Gasteiger charge is 2.29. The predicted octanol–water partition coefficient (Wildman–Crippen LogP) is 1.75. The van der Waals surface area contributed by atoms with Crippen molar-refractivity contribution in [3.63, 3.8) is 0 Å². The third-order valence-electron chi connectivity index (χ3n) is 4.09. The van der Waals surface area contributed by atoms with Gasteiger partial charge in [-0.15, -0.1) is 5.10 Å². The van der Waals surface area contributed by atoms with Crippen molar-refractivity contribution in [1.82, 2.24) is 29.7 Å². The van der Waals surface area contributed by atoms with Gasteiger partial charge in [0.1, 0.15) is 5.15 Å². The lowest BCUT2D eigenvalue weighted by molar-refractivity contribution is 0.0587. The molecule has 0 saturated carbocycles. The third-order valence-corrected chi connectivity index (χ3v) is 4.45. The largest absolute Gasteiger partial charge is 0.334 e. The van der Waals surface area contributed by atoms with Crippen molar-refractivity contribution in [3.05, 3.63) is 29.3 Å². The molecule has 1 saturated heterocycles. The van der Waals surface area contributed by atoms with Crippen LogP contribution in [0, 0.1) is 0 Å². The number of piperidine rings is 1. The lowest BCUT2D eigenvalue weighted by Crippen LogP contribution is -2.44. The first-order valence-electron chi connectivity index (χ1n) is 7.50. The molecule has 118 valence electrons. The topological polar surface area (TPSA) is 68.8 Å². The minimum Gasteiger partial charge on any atom is -0.334 e. The van der Waals surface area contributed by atoms with Crippen LogP contribution in [0.2, 0.25) is 5.15 Å². The molecule has 1 fully saturated rings. The van der Waals surface area contributed by atoms with Crippen molar-refractivity contribution in [2.24, 2.45) is 7.05 Å². The average Bonchev–Trinajstić information content (AvgIpc) is 3.15. The molecule has 0 aliphatic carbocycles. The van der Waals surface area contributed by atoms with Gasteiger partial charge in [-0.1, -0.05) is 16.8 Å². The number of rotatable bonds is 4. The molecule has 22 heavy (non-hydrogen) atoms. The highest BCUT2D eigenvalue weighted by atomic mass is 35.5. The molecule has 2 aromatic rings. The van der Waals surface area contributed by atoms with Crippen LogP contribution >= 0.6 is 11.6 Å². The molecule has 1 amide bonds. The van der Waals surface area contributed by atoms with Crippen LogP contribution in [0.25, 0.3) is 0 Å². The second-order valence-corrected chi connectivity index (χ2v) is 5.97. The maximum atomic E-state index is 12.7. The first kappa shape index (κ1) is 15.0. The molecule has 0 bridgehead atoms. The zero-order valence-electron chi connectivity index (χ0n) is 12.5. The molecule has 8 heteroatoms. The lowest BCUT2D eigenvalue weighted by atomic mass is 9.99. The molecule has 1 atom stereocenters. The number of aromatic nitrogens is 5. The maximum absolute atomic E-state index is 12.7. The second kappa shape index (κ2) is 6.48. The number of halogens is 1. The van der Waals surface area contributed by atoms with Crippen LogP contribution < -0.4 is 0 Å². The van der Waals surface area contributed by atoms with Crippen LogP contribution in [0.3, 0.4) is 0 Å². The quantitative estimate of drug-likeness (QED) is 0.860. The Morgan fingerprint density at radius 1 is 1.45 bits per heavy atom. The molecule has 2 aromatic heterocycles. The minimum atomic E-state index is -0.0363. The average molecular weight is 323 g/mol. The fraction of sp³-hybridized carbons (Fsp3) is 0.571. The van der Waals surface area contributed by atoms with Gasteiger partial charge in [-0.2, -0.15) is 5.10 Å². The molecule has 3 rings (SSSR count). The molecule has 1 unspecified atom stereocenters. The maximum Gasteiger partial charge on any atom is 0.274 e. The summed E-state index contributed by atoms with van der Waals surface area (Å²) in [5, 5.41) is 12.4. The number of nitrogens with zero attached hydrogens (tertiary/aromatic N) is 6. The Hall–Kier alpha value is -1.89. The summed E-state index contributed by atoms with van der Waals surface area (Å²) >= 11 is 5.99. The van der Waals surface area contributed by atoms with Crippen LogP contribution in [0.1, 0.15) is 36.2 Å². The summed E-state index contributed by atoms with van der Waals surface area (Å²) in [5.41, 5.74) is 0.417. The molecule has 0 radical (unpaired) electrons. The van der Waals surface area contributed by atoms with Crippen LogP contribution in [-0.4, -0.2) is 48.2 Å². The van der Waals surface area contributed by atoms with Gasteiger partial charge in [0.15, 0.2) is 5.69 Å². The van der Waals surface area contributed by atoms with E-state index in [4.69, 9.17) is 11.6 Å². The SMILES string of the molecule is Cn1nc(C(=O)N2CCCCC2CCn2ccnn2)cc1Cl. The number of hydrogen-bond acceptors (Lipinski definition) is 4. The van der Waals surface area contributed by atoms with Crippen molar-refractivity contribution < 1.29 is 4.79 Å². The first-order valence-corrected chi connectivity index (χ1v) is 7.87. The summed E-state index contributed by atoms with van der Waals surface area (Å²) in [5.74, 6) is -0.0363. The van der Waals surface area contributed by atoms with E-state index >= 15 is 0 Å². The van der Waals surface area contributed by atoms with Gasteiger partial charge in [0.2, 0.25) is 0 Å². The summed E-state index contributed by atoms with van der Waals surface area (Å²) in [4.78, 5) is 14.6. The lowest BCUT2D eigenvalue weighted by Gasteiger charge is -2.35. The predicted molar refractivity (Wildman–Crippen MR) is 81.5 cm³/mol. The van der Waals surface area contributed by atoms with E-state index in [0.717, 1.165) is 38.8 Å². The van der Waals surface area contributed by atoms with Crippen molar-refractivity contribution in [3.8, 4) is 0 Å². The van der Waals surface area contributed by atoms with Crippen molar-refractivity contribution in [2.75, 3.05) is 6.54 Å². The van der Waals surface area contributed by atoms with Gasteiger partial charge in [-0.05, 0) is 25.7 Å². The smallest absolute Gasteiger partial charge is 0.274 e. The summed E-state index contributed by atoms with van der Waals surface area (Å²) in [7, 11) is 1.73. The van der Waals surface area contributed by atoms with Gasteiger partial charge in [-0.3, -0.25) is 14.2 Å². The van der Waals surface area contributed by atoms with Crippen molar-refractivity contribution >= 4 is 17.5 Å². The fourth-order valence-electron chi connectivity index (χ4n) is 2.90. The molecular weight excluding hydrogens is 304 g/mol. The van der Waals surface area contributed by atoms with Crippen LogP contribution in [0.5, 0.6) is 0 Å². The number of carbonyl (C=O) groups excluding carboxylic acids is 1. The Kier molecular flexibility index (Phi) is 4.42. The normalized spacial score (nSPS) is 18.6. The third kappa shape index (κ3) is 3.14. The number of amides is 1. The number of carbonyl (C=O) groups is 1. The number of aryl methyl sites for hydroxylation is 2. The standard InChI is InChI=1S/C14H19ClN6O/c1-19-13(15)10-12(17-19)14(22)21-7-3-2-4-11(21)5-8-20-9-6-16-18-20/h6,9-11H,2-5,7-8H2,1H3. The first-order chi connectivity index (χ1) is 10.6. The molecule has 3 heterocycles. The van der Waals surface area contributed by atoms with Gasteiger partial charge in [-0.25, -0.2) is 0 Å². The van der Waals surface area contributed by atoms with E-state index in [2.05, 4.69) is 15.4 Å². The van der Waals surface area contributed by atoms with Crippen molar-refractivity contribution in [1.29, 1.82) is 0 Å². The van der Waals surface area contributed by atoms with E-state index in [1.807, 2.05) is 11.1 Å². The highest BCUT2D eigenvalue weighted by molar-refractivity contribution is 6.29. The monoisotopic (exact) mass is 322 g/mol. The Balaban J connectivity index is 1.70. The second-order valence-electron chi connectivity index (χ2n) is 5.58. The van der Waals surface area contributed by atoms with Gasteiger partial charge in [0.25, 0.3) is 5.91 Å². The van der Waals surface area contributed by atoms with Gasteiger partial charge in [0, 0.05) is 38.4 Å². The van der Waals surface area contributed by atoms with Crippen LogP contribution in [0.4, 0.5) is 0 Å². The Morgan fingerprint density at radius 3 is 3.00 bits per heavy atom. The van der Waals surface area contributed by atoms with Gasteiger partial charge < -0.3 is 4.90 Å².